The summed E-state index contributed by atoms with van der Waals surface area (Å²) in [6, 6.07) is 19.1. The van der Waals surface area contributed by atoms with Gasteiger partial charge in [-0.15, -0.1) is 0 Å². The summed E-state index contributed by atoms with van der Waals surface area (Å²) in [5, 5.41) is 4.66. The summed E-state index contributed by atoms with van der Waals surface area (Å²) in [6.07, 6.45) is 1.13. The molecular formula is C22H25N3O2. The molecule has 4 rings (SSSR count). The van der Waals surface area contributed by atoms with Crippen molar-refractivity contribution in [2.75, 3.05) is 25.0 Å². The molecule has 1 fully saturated rings. The lowest BCUT2D eigenvalue weighted by Gasteiger charge is -2.17. The molecule has 0 aliphatic carbocycles. The van der Waals surface area contributed by atoms with Gasteiger partial charge in [0.25, 0.3) is 0 Å². The van der Waals surface area contributed by atoms with Gasteiger partial charge in [-0.1, -0.05) is 30.3 Å². The molecule has 0 spiro atoms. The number of hydrogen-bond donors (Lipinski definition) is 2. The van der Waals surface area contributed by atoms with Crippen molar-refractivity contribution in [3.8, 4) is 0 Å². The van der Waals surface area contributed by atoms with Gasteiger partial charge in [0.15, 0.2) is 0 Å². The van der Waals surface area contributed by atoms with Gasteiger partial charge in [0.2, 0.25) is 0 Å². The molecule has 27 heavy (non-hydrogen) atoms. The monoisotopic (exact) mass is 363 g/mol. The van der Waals surface area contributed by atoms with Gasteiger partial charge < -0.3 is 15.0 Å². The normalized spacial score (nSPS) is 17.3. The summed E-state index contributed by atoms with van der Waals surface area (Å²) in [5.74, 6) is -0.310. The quantitative estimate of drug-likeness (QED) is 0.649. The predicted octanol–water partition coefficient (Wildman–Crippen LogP) is 4.03. The second-order valence-corrected chi connectivity index (χ2v) is 7.06. The van der Waals surface area contributed by atoms with Crippen LogP contribution in [0.5, 0.6) is 0 Å². The van der Waals surface area contributed by atoms with Crippen molar-refractivity contribution >= 4 is 22.6 Å². The number of likely N-dealkylation sites (tertiary alicyclic amines) is 1. The first-order chi connectivity index (χ1) is 13.2. The molecule has 2 aromatic carbocycles. The SMILES string of the molecule is CCOC(=O)c1cc2cc(NC3CCN(Cc4ccccc4)C3)ccc2[nH]1. The van der Waals surface area contributed by atoms with Crippen molar-refractivity contribution in [1.82, 2.24) is 9.88 Å². The number of aromatic nitrogens is 1. The predicted molar refractivity (Wildman–Crippen MR) is 108 cm³/mol. The maximum atomic E-state index is 11.9. The average Bonchev–Trinajstić information content (AvgIpc) is 3.29. The second kappa shape index (κ2) is 7.84. The molecule has 0 bridgehead atoms. The fourth-order valence-corrected chi connectivity index (χ4v) is 3.71. The lowest BCUT2D eigenvalue weighted by atomic mass is 10.2. The van der Waals surface area contributed by atoms with E-state index in [-0.39, 0.29) is 5.97 Å². The van der Waals surface area contributed by atoms with E-state index < -0.39 is 0 Å². The first-order valence-electron chi connectivity index (χ1n) is 9.54. The molecule has 1 aromatic heterocycles. The third-order valence-corrected chi connectivity index (χ3v) is 5.01. The lowest BCUT2D eigenvalue weighted by Crippen LogP contribution is -2.25. The summed E-state index contributed by atoms with van der Waals surface area (Å²) in [5.41, 5.74) is 3.89. The van der Waals surface area contributed by atoms with Crippen LogP contribution in [0.1, 0.15) is 29.4 Å². The van der Waals surface area contributed by atoms with Gasteiger partial charge in [0, 0.05) is 42.3 Å². The van der Waals surface area contributed by atoms with E-state index >= 15 is 0 Å². The standard InChI is InChI=1S/C22H25N3O2/c1-2-27-22(26)21-13-17-12-18(8-9-20(17)24-21)23-19-10-11-25(15-19)14-16-6-4-3-5-7-16/h3-9,12-13,19,23-24H,2,10-11,14-15H2,1H3. The first kappa shape index (κ1) is 17.6. The Morgan fingerprint density at radius 1 is 1.22 bits per heavy atom. The number of carbonyl (C=O) groups excluding carboxylic acids is 1. The van der Waals surface area contributed by atoms with Gasteiger partial charge in [-0.05, 0) is 43.2 Å². The van der Waals surface area contributed by atoms with Gasteiger partial charge in [-0.25, -0.2) is 4.79 Å². The summed E-state index contributed by atoms with van der Waals surface area (Å²) in [4.78, 5) is 17.5. The smallest absolute Gasteiger partial charge is 0.354 e. The number of nitrogens with one attached hydrogen (secondary N) is 2. The molecule has 2 heterocycles. The fraction of sp³-hybridized carbons (Fsp3) is 0.318. The van der Waals surface area contributed by atoms with Crippen molar-refractivity contribution in [3.63, 3.8) is 0 Å². The van der Waals surface area contributed by atoms with Crippen LogP contribution in [0.25, 0.3) is 10.9 Å². The highest BCUT2D eigenvalue weighted by atomic mass is 16.5. The summed E-state index contributed by atoms with van der Waals surface area (Å²) in [6.45, 7) is 5.33. The Morgan fingerprint density at radius 2 is 2.07 bits per heavy atom. The number of benzene rings is 2. The number of ether oxygens (including phenoxy) is 1. The number of aromatic amines is 1. The summed E-state index contributed by atoms with van der Waals surface area (Å²) >= 11 is 0. The van der Waals surface area contributed by atoms with Crippen LogP contribution < -0.4 is 5.32 Å². The molecule has 3 aromatic rings. The van der Waals surface area contributed by atoms with Crippen LogP contribution in [-0.4, -0.2) is 41.6 Å². The van der Waals surface area contributed by atoms with E-state index in [1.54, 1.807) is 0 Å². The molecule has 5 heteroatoms. The highest BCUT2D eigenvalue weighted by Crippen LogP contribution is 2.23. The van der Waals surface area contributed by atoms with E-state index in [9.17, 15) is 4.79 Å². The number of fused-ring (bicyclic) bond motifs is 1. The minimum atomic E-state index is -0.310. The van der Waals surface area contributed by atoms with Crippen molar-refractivity contribution in [3.05, 3.63) is 65.9 Å². The number of anilines is 1. The zero-order valence-corrected chi connectivity index (χ0v) is 15.6. The molecule has 1 aliphatic heterocycles. The average molecular weight is 363 g/mol. The number of rotatable bonds is 6. The zero-order chi connectivity index (χ0) is 18.6. The lowest BCUT2D eigenvalue weighted by molar-refractivity contribution is 0.0520. The topological polar surface area (TPSA) is 57.4 Å². The van der Waals surface area contributed by atoms with Crippen LogP contribution in [0, 0.1) is 0 Å². The minimum absolute atomic E-state index is 0.310. The maximum Gasteiger partial charge on any atom is 0.354 e. The number of carbonyl (C=O) groups is 1. The van der Waals surface area contributed by atoms with E-state index in [4.69, 9.17) is 4.74 Å². The van der Waals surface area contributed by atoms with Crippen LogP contribution in [-0.2, 0) is 11.3 Å². The number of esters is 1. The third-order valence-electron chi connectivity index (χ3n) is 5.01. The van der Waals surface area contributed by atoms with Crippen LogP contribution in [0.4, 0.5) is 5.69 Å². The Balaban J connectivity index is 1.39. The molecule has 1 unspecified atom stereocenters. The summed E-state index contributed by atoms with van der Waals surface area (Å²) in [7, 11) is 0. The number of nitrogens with zero attached hydrogens (tertiary/aromatic N) is 1. The van der Waals surface area contributed by atoms with E-state index in [1.807, 2.05) is 19.1 Å². The number of H-pyrrole nitrogens is 1. The van der Waals surface area contributed by atoms with Crippen LogP contribution in [0.2, 0.25) is 0 Å². The molecule has 1 saturated heterocycles. The van der Waals surface area contributed by atoms with Crippen molar-refractivity contribution in [2.24, 2.45) is 0 Å². The molecule has 1 aliphatic rings. The maximum absolute atomic E-state index is 11.9. The Hall–Kier alpha value is -2.79. The summed E-state index contributed by atoms with van der Waals surface area (Å²) < 4.78 is 5.06. The number of hydrogen-bond acceptors (Lipinski definition) is 4. The molecule has 2 N–H and O–H groups in total. The van der Waals surface area contributed by atoms with Crippen LogP contribution in [0.15, 0.2) is 54.6 Å². The minimum Gasteiger partial charge on any atom is -0.461 e. The Kier molecular flexibility index (Phi) is 5.12. The van der Waals surface area contributed by atoms with Crippen LogP contribution >= 0.6 is 0 Å². The largest absolute Gasteiger partial charge is 0.461 e. The first-order valence-corrected chi connectivity index (χ1v) is 9.54. The van der Waals surface area contributed by atoms with E-state index in [1.165, 1.54) is 5.56 Å². The van der Waals surface area contributed by atoms with Crippen molar-refractivity contribution in [1.29, 1.82) is 0 Å². The molecular weight excluding hydrogens is 338 g/mol. The highest BCUT2D eigenvalue weighted by molar-refractivity contribution is 5.95. The Labute approximate surface area is 159 Å². The Morgan fingerprint density at radius 3 is 2.89 bits per heavy atom. The molecule has 1 atom stereocenters. The van der Waals surface area contributed by atoms with Gasteiger partial charge in [0.1, 0.15) is 5.69 Å². The highest BCUT2D eigenvalue weighted by Gasteiger charge is 2.22. The van der Waals surface area contributed by atoms with E-state index in [0.29, 0.717) is 18.3 Å². The van der Waals surface area contributed by atoms with Crippen molar-refractivity contribution in [2.45, 2.75) is 25.9 Å². The zero-order valence-electron chi connectivity index (χ0n) is 15.6. The van der Waals surface area contributed by atoms with Gasteiger partial charge >= 0.3 is 5.97 Å². The van der Waals surface area contributed by atoms with Gasteiger partial charge in [0.05, 0.1) is 6.61 Å². The third kappa shape index (κ3) is 4.14. The van der Waals surface area contributed by atoms with Gasteiger partial charge in [-0.3, -0.25) is 4.90 Å². The van der Waals surface area contributed by atoms with E-state index in [0.717, 1.165) is 42.6 Å². The molecule has 0 amide bonds. The van der Waals surface area contributed by atoms with E-state index in [2.05, 4.69) is 57.7 Å². The van der Waals surface area contributed by atoms with Gasteiger partial charge in [-0.2, -0.15) is 0 Å². The second-order valence-electron chi connectivity index (χ2n) is 7.06. The molecule has 0 radical (unpaired) electrons. The molecule has 140 valence electrons. The fourth-order valence-electron chi connectivity index (χ4n) is 3.71. The van der Waals surface area contributed by atoms with Crippen LogP contribution in [0.3, 0.4) is 0 Å². The molecule has 0 saturated carbocycles. The molecule has 5 nitrogen and oxygen atoms in total. The Bertz CT molecular complexity index is 920. The van der Waals surface area contributed by atoms with Crippen molar-refractivity contribution < 1.29 is 9.53 Å².